The number of nitrogens with one attached hydrogen (secondary N) is 3. The largest absolute Gasteiger partial charge is 0.459 e. The van der Waals surface area contributed by atoms with Gasteiger partial charge < -0.3 is 20.4 Å². The Hall–Kier alpha value is -2.60. The maximum absolute atomic E-state index is 12.0. The summed E-state index contributed by atoms with van der Waals surface area (Å²) in [6.45, 7) is 3.84. The van der Waals surface area contributed by atoms with E-state index in [4.69, 9.17) is 4.42 Å². The molecule has 3 N–H and O–H groups in total. The van der Waals surface area contributed by atoms with Gasteiger partial charge in [0.15, 0.2) is 5.76 Å². The van der Waals surface area contributed by atoms with E-state index in [1.807, 2.05) is 31.2 Å². The lowest BCUT2D eigenvalue weighted by Gasteiger charge is -2.11. The number of carbonyl (C=O) groups excluding carboxylic acids is 2. The summed E-state index contributed by atoms with van der Waals surface area (Å²) in [5.74, 6) is -0.231. The molecule has 0 aliphatic heterocycles. The first-order valence-corrected chi connectivity index (χ1v) is 7.61. The van der Waals surface area contributed by atoms with Crippen LogP contribution in [0, 0.1) is 0 Å². The monoisotopic (exact) mass is 315 g/mol. The van der Waals surface area contributed by atoms with Crippen LogP contribution in [0.1, 0.15) is 29.5 Å². The second kappa shape index (κ2) is 8.75. The zero-order valence-electron chi connectivity index (χ0n) is 13.1. The Morgan fingerprint density at radius 2 is 1.96 bits per heavy atom. The first kappa shape index (κ1) is 16.8. The van der Waals surface area contributed by atoms with Crippen molar-refractivity contribution in [3.8, 4) is 0 Å². The zero-order valence-corrected chi connectivity index (χ0v) is 13.1. The highest BCUT2D eigenvalue weighted by atomic mass is 16.3. The summed E-state index contributed by atoms with van der Waals surface area (Å²) in [7, 11) is 0. The maximum atomic E-state index is 12.0. The van der Waals surface area contributed by atoms with E-state index in [0.29, 0.717) is 6.54 Å². The highest BCUT2D eigenvalue weighted by Gasteiger charge is 2.10. The third-order valence-electron chi connectivity index (χ3n) is 3.24. The second-order valence-corrected chi connectivity index (χ2v) is 4.97. The van der Waals surface area contributed by atoms with Crippen molar-refractivity contribution < 1.29 is 14.0 Å². The Kier molecular flexibility index (Phi) is 6.38. The van der Waals surface area contributed by atoms with Crippen molar-refractivity contribution in [2.45, 2.75) is 19.9 Å². The summed E-state index contributed by atoms with van der Waals surface area (Å²) in [6, 6.07) is 10.9. The molecular formula is C17H21N3O3. The van der Waals surface area contributed by atoms with E-state index in [9.17, 15) is 9.59 Å². The molecule has 0 aliphatic rings. The predicted octanol–water partition coefficient (Wildman–Crippen LogP) is 2.15. The highest BCUT2D eigenvalue weighted by Crippen LogP contribution is 2.14. The van der Waals surface area contributed by atoms with Crippen LogP contribution in [0.15, 0.2) is 47.1 Å². The van der Waals surface area contributed by atoms with Crippen molar-refractivity contribution in [3.05, 3.63) is 54.0 Å². The van der Waals surface area contributed by atoms with Gasteiger partial charge in [-0.1, -0.05) is 25.1 Å². The van der Waals surface area contributed by atoms with E-state index in [1.54, 1.807) is 12.1 Å². The van der Waals surface area contributed by atoms with Gasteiger partial charge >= 0.3 is 0 Å². The molecule has 0 fully saturated rings. The molecule has 122 valence electrons. The molecule has 2 aromatic rings. The van der Waals surface area contributed by atoms with Crippen molar-refractivity contribution in [2.75, 3.05) is 18.4 Å². The fourth-order valence-electron chi connectivity index (χ4n) is 2.05. The summed E-state index contributed by atoms with van der Waals surface area (Å²) in [6.07, 6.45) is 1.63. The van der Waals surface area contributed by atoms with Crippen molar-refractivity contribution in [3.63, 3.8) is 0 Å². The van der Waals surface area contributed by atoms with E-state index < -0.39 is 0 Å². The molecule has 6 nitrogen and oxygen atoms in total. The van der Waals surface area contributed by atoms with Crippen LogP contribution in [0.5, 0.6) is 0 Å². The molecule has 6 heteroatoms. The number of benzene rings is 1. The standard InChI is InChI=1S/C17H21N3O3/c1-2-18-12-13-6-3-4-7-14(13)20-16(21)9-10-19-17(22)15-8-5-11-23-15/h3-8,11,18H,2,9-10,12H2,1H3,(H,19,22)(H,20,21). The van der Waals surface area contributed by atoms with Gasteiger partial charge in [-0.2, -0.15) is 0 Å². The second-order valence-electron chi connectivity index (χ2n) is 4.97. The van der Waals surface area contributed by atoms with Crippen LogP contribution in [0.25, 0.3) is 0 Å². The molecule has 1 heterocycles. The quantitative estimate of drug-likeness (QED) is 0.697. The Morgan fingerprint density at radius 1 is 1.13 bits per heavy atom. The van der Waals surface area contributed by atoms with Gasteiger partial charge in [-0.15, -0.1) is 0 Å². The molecule has 1 aromatic heterocycles. The van der Waals surface area contributed by atoms with Crippen molar-refractivity contribution in [2.24, 2.45) is 0 Å². The van der Waals surface area contributed by atoms with E-state index in [-0.39, 0.29) is 30.5 Å². The molecule has 0 aliphatic carbocycles. The minimum Gasteiger partial charge on any atom is -0.459 e. The van der Waals surface area contributed by atoms with Crippen LogP contribution in [-0.2, 0) is 11.3 Å². The van der Waals surface area contributed by atoms with Gasteiger partial charge in [0.2, 0.25) is 5.91 Å². The van der Waals surface area contributed by atoms with Gasteiger partial charge in [-0.3, -0.25) is 9.59 Å². The van der Waals surface area contributed by atoms with E-state index in [0.717, 1.165) is 17.8 Å². The Labute approximate surface area is 135 Å². The number of furan rings is 1. The van der Waals surface area contributed by atoms with Crippen LogP contribution in [-0.4, -0.2) is 24.9 Å². The van der Waals surface area contributed by atoms with Crippen LogP contribution in [0.2, 0.25) is 0 Å². The van der Waals surface area contributed by atoms with Gasteiger partial charge in [0.1, 0.15) is 0 Å². The minimum absolute atomic E-state index is 0.145. The number of hydrogen-bond acceptors (Lipinski definition) is 4. The molecule has 0 bridgehead atoms. The van der Waals surface area contributed by atoms with Gasteiger partial charge in [-0.05, 0) is 30.3 Å². The summed E-state index contributed by atoms with van der Waals surface area (Å²) in [4.78, 5) is 23.7. The van der Waals surface area contributed by atoms with Gasteiger partial charge in [0.25, 0.3) is 5.91 Å². The summed E-state index contributed by atoms with van der Waals surface area (Å²) in [5, 5.41) is 8.75. The third-order valence-corrected chi connectivity index (χ3v) is 3.24. The van der Waals surface area contributed by atoms with Crippen molar-refractivity contribution in [1.29, 1.82) is 0 Å². The minimum atomic E-state index is -0.324. The molecule has 0 atom stereocenters. The Balaban J connectivity index is 1.79. The summed E-state index contributed by atoms with van der Waals surface area (Å²) < 4.78 is 4.98. The molecule has 23 heavy (non-hydrogen) atoms. The molecular weight excluding hydrogens is 294 g/mol. The molecule has 0 saturated heterocycles. The Morgan fingerprint density at radius 3 is 2.70 bits per heavy atom. The molecule has 0 spiro atoms. The normalized spacial score (nSPS) is 10.3. The van der Waals surface area contributed by atoms with Crippen LogP contribution in [0.3, 0.4) is 0 Å². The summed E-state index contributed by atoms with van der Waals surface area (Å²) in [5.41, 5.74) is 1.82. The lowest BCUT2D eigenvalue weighted by atomic mass is 10.1. The lowest BCUT2D eigenvalue weighted by Crippen LogP contribution is -2.27. The number of para-hydroxylation sites is 1. The molecule has 1 aromatic carbocycles. The maximum Gasteiger partial charge on any atom is 0.286 e. The predicted molar refractivity (Wildman–Crippen MR) is 88.1 cm³/mol. The number of amides is 2. The fraction of sp³-hybridized carbons (Fsp3) is 0.294. The first-order chi connectivity index (χ1) is 11.2. The van der Waals surface area contributed by atoms with Gasteiger partial charge in [0, 0.05) is 25.2 Å². The molecule has 0 saturated carbocycles. The number of carbonyl (C=O) groups is 2. The van der Waals surface area contributed by atoms with Gasteiger partial charge in [-0.25, -0.2) is 0 Å². The van der Waals surface area contributed by atoms with Crippen LogP contribution in [0.4, 0.5) is 5.69 Å². The van der Waals surface area contributed by atoms with Crippen molar-refractivity contribution in [1.82, 2.24) is 10.6 Å². The van der Waals surface area contributed by atoms with Crippen LogP contribution >= 0.6 is 0 Å². The average Bonchev–Trinajstić information content (AvgIpc) is 3.08. The topological polar surface area (TPSA) is 83.4 Å². The van der Waals surface area contributed by atoms with Gasteiger partial charge in [0.05, 0.1) is 6.26 Å². The van der Waals surface area contributed by atoms with E-state index in [2.05, 4.69) is 16.0 Å². The molecule has 0 radical (unpaired) electrons. The van der Waals surface area contributed by atoms with E-state index >= 15 is 0 Å². The Bertz CT molecular complexity index is 638. The smallest absolute Gasteiger partial charge is 0.286 e. The number of anilines is 1. The highest BCUT2D eigenvalue weighted by molar-refractivity contribution is 5.93. The van der Waals surface area contributed by atoms with Crippen molar-refractivity contribution >= 4 is 17.5 Å². The SMILES string of the molecule is CCNCc1ccccc1NC(=O)CCNC(=O)c1ccco1. The molecule has 2 amide bonds. The first-order valence-electron chi connectivity index (χ1n) is 7.61. The van der Waals surface area contributed by atoms with Crippen LogP contribution < -0.4 is 16.0 Å². The average molecular weight is 315 g/mol. The molecule has 2 rings (SSSR count). The summed E-state index contributed by atoms with van der Waals surface area (Å²) >= 11 is 0. The number of rotatable bonds is 8. The molecule has 0 unspecified atom stereocenters. The third kappa shape index (κ3) is 5.27. The lowest BCUT2D eigenvalue weighted by molar-refractivity contribution is -0.116. The fourth-order valence-corrected chi connectivity index (χ4v) is 2.05. The van der Waals surface area contributed by atoms with E-state index in [1.165, 1.54) is 6.26 Å². The number of hydrogen-bond donors (Lipinski definition) is 3. The zero-order chi connectivity index (χ0) is 16.5.